The zero-order valence-corrected chi connectivity index (χ0v) is 30.9. The molecule has 1 aromatic heterocycles. The topological polar surface area (TPSA) is 8.17 Å². The predicted molar refractivity (Wildman–Crippen MR) is 228 cm³/mol. The van der Waals surface area contributed by atoms with Crippen LogP contribution < -0.4 is 4.90 Å². The van der Waals surface area contributed by atoms with Crippen molar-refractivity contribution in [2.75, 3.05) is 4.90 Å². The number of rotatable bonds is 6. The van der Waals surface area contributed by atoms with Gasteiger partial charge in [0.2, 0.25) is 0 Å². The van der Waals surface area contributed by atoms with Crippen molar-refractivity contribution >= 4 is 33.2 Å². The van der Waals surface area contributed by atoms with Crippen LogP contribution in [0.5, 0.6) is 0 Å². The molecule has 0 saturated heterocycles. The molecule has 0 radical (unpaired) electrons. The van der Waals surface area contributed by atoms with Gasteiger partial charge in [0.15, 0.2) is 0 Å². The van der Waals surface area contributed by atoms with Gasteiger partial charge in [0.05, 0.1) is 11.0 Å². The Morgan fingerprint density at radius 3 is 1.87 bits per heavy atom. The predicted octanol–water partition coefficient (Wildman–Crippen LogP) is 13.8. The molecule has 260 valence electrons. The third-order valence-corrected chi connectivity index (χ3v) is 11.9. The number of anilines is 2. The van der Waals surface area contributed by atoms with E-state index in [1.165, 1.54) is 72.1 Å². The first-order valence-electron chi connectivity index (χ1n) is 19.1. The first-order valence-corrected chi connectivity index (χ1v) is 19.1. The molecule has 1 heterocycles. The van der Waals surface area contributed by atoms with Crippen LogP contribution in [0.15, 0.2) is 199 Å². The van der Waals surface area contributed by atoms with E-state index in [1.54, 1.807) is 0 Å². The van der Waals surface area contributed by atoms with Crippen molar-refractivity contribution in [1.82, 2.24) is 4.57 Å². The van der Waals surface area contributed by atoms with Gasteiger partial charge in [-0.3, -0.25) is 0 Å². The second-order valence-electron chi connectivity index (χ2n) is 15.5. The molecule has 8 aromatic rings. The molecule has 0 amide bonds. The Bertz CT molecular complexity index is 2730. The van der Waals surface area contributed by atoms with Gasteiger partial charge in [0, 0.05) is 44.9 Å². The van der Waals surface area contributed by atoms with Gasteiger partial charge in [0.1, 0.15) is 0 Å². The van der Waals surface area contributed by atoms with E-state index < -0.39 is 0 Å². The Morgan fingerprint density at radius 2 is 1.09 bits per heavy atom. The van der Waals surface area contributed by atoms with Gasteiger partial charge < -0.3 is 9.47 Å². The Labute approximate surface area is 318 Å². The Morgan fingerprint density at radius 1 is 0.519 bits per heavy atom. The molecule has 2 atom stereocenters. The first-order chi connectivity index (χ1) is 26.5. The summed E-state index contributed by atoms with van der Waals surface area (Å²) in [6, 6.07) is 64.2. The third kappa shape index (κ3) is 5.16. The van der Waals surface area contributed by atoms with Crippen LogP contribution in [0.2, 0.25) is 0 Å². The van der Waals surface area contributed by atoms with Crippen molar-refractivity contribution in [2.24, 2.45) is 5.92 Å². The molecular formula is C52H42N2. The van der Waals surface area contributed by atoms with E-state index in [0.717, 1.165) is 11.4 Å². The summed E-state index contributed by atoms with van der Waals surface area (Å²) in [6.07, 6.45) is 4.96. The SMILES string of the molecule is CC1C=C(N(c2ccccc2)c2ccc(-c3ccc4c(c3)c3ccccc3n4-c3ccc(-c4ccccc4)cc3)cc2)C=C2C1c1ccccc1C2(C)C. The van der Waals surface area contributed by atoms with Crippen LogP contribution >= 0.6 is 0 Å². The molecule has 0 N–H and O–H groups in total. The zero-order valence-electron chi connectivity index (χ0n) is 30.9. The molecule has 7 aromatic carbocycles. The highest BCUT2D eigenvalue weighted by Gasteiger charge is 2.45. The van der Waals surface area contributed by atoms with Gasteiger partial charge in [0.25, 0.3) is 0 Å². The molecular weight excluding hydrogens is 653 g/mol. The number of aromatic nitrogens is 1. The molecule has 2 aliphatic carbocycles. The summed E-state index contributed by atoms with van der Waals surface area (Å²) in [4.78, 5) is 2.43. The second kappa shape index (κ2) is 12.6. The molecule has 2 unspecified atom stereocenters. The third-order valence-electron chi connectivity index (χ3n) is 11.9. The van der Waals surface area contributed by atoms with Gasteiger partial charge in [-0.05, 0) is 100.0 Å². The zero-order chi connectivity index (χ0) is 36.4. The van der Waals surface area contributed by atoms with Crippen LogP contribution in [-0.2, 0) is 5.41 Å². The number of nitrogens with zero attached hydrogens (tertiary/aromatic N) is 2. The summed E-state index contributed by atoms with van der Waals surface area (Å²) in [5.74, 6) is 0.790. The van der Waals surface area contributed by atoms with E-state index in [4.69, 9.17) is 0 Å². The Kier molecular flexibility index (Phi) is 7.56. The lowest BCUT2D eigenvalue weighted by Crippen LogP contribution is -2.25. The molecule has 0 aliphatic heterocycles. The van der Waals surface area contributed by atoms with Gasteiger partial charge in [-0.1, -0.05) is 154 Å². The van der Waals surface area contributed by atoms with E-state index in [-0.39, 0.29) is 5.41 Å². The van der Waals surface area contributed by atoms with Crippen LogP contribution in [0.4, 0.5) is 11.4 Å². The van der Waals surface area contributed by atoms with Gasteiger partial charge in [-0.15, -0.1) is 0 Å². The Hall–Kier alpha value is -6.38. The second-order valence-corrected chi connectivity index (χ2v) is 15.5. The van der Waals surface area contributed by atoms with Crippen LogP contribution in [0.25, 0.3) is 49.7 Å². The van der Waals surface area contributed by atoms with Crippen molar-refractivity contribution < 1.29 is 0 Å². The van der Waals surface area contributed by atoms with Gasteiger partial charge in [-0.25, -0.2) is 0 Å². The summed E-state index contributed by atoms with van der Waals surface area (Å²) in [5, 5.41) is 2.52. The lowest BCUT2D eigenvalue weighted by molar-refractivity contribution is 0.546. The smallest absolute Gasteiger partial charge is 0.0541 e. The molecule has 2 aliphatic rings. The fraction of sp³-hybridized carbons (Fsp3) is 0.115. The van der Waals surface area contributed by atoms with Crippen molar-refractivity contribution in [3.8, 4) is 27.9 Å². The van der Waals surface area contributed by atoms with Crippen molar-refractivity contribution in [3.05, 3.63) is 210 Å². The lowest BCUT2D eigenvalue weighted by Gasteiger charge is -2.35. The van der Waals surface area contributed by atoms with Crippen LogP contribution in [0.1, 0.15) is 37.8 Å². The maximum Gasteiger partial charge on any atom is 0.0541 e. The molecule has 54 heavy (non-hydrogen) atoms. The quantitative estimate of drug-likeness (QED) is 0.168. The molecule has 10 rings (SSSR count). The summed E-state index contributed by atoms with van der Waals surface area (Å²) >= 11 is 0. The summed E-state index contributed by atoms with van der Waals surface area (Å²) in [5.41, 5.74) is 16.4. The van der Waals surface area contributed by atoms with E-state index in [1.807, 2.05) is 0 Å². The highest BCUT2D eigenvalue weighted by atomic mass is 15.1. The number of hydrogen-bond acceptors (Lipinski definition) is 1. The standard InChI is InChI=1S/C52H42N2/c1-35-32-43(34-48-51(35)45-19-10-12-20-47(45)52(48,2)3)53(40-16-8-5-9-17-40)41-27-24-38(25-28-41)39-26-31-50-46(33-39)44-18-11-13-21-49(44)54(50)42-29-22-37(23-30-42)36-14-6-4-7-15-36/h4-35,51H,1-3H3. The maximum absolute atomic E-state index is 2.48. The molecule has 2 nitrogen and oxygen atoms in total. The Balaban J connectivity index is 1.02. The van der Waals surface area contributed by atoms with Crippen LogP contribution in [0.3, 0.4) is 0 Å². The van der Waals surface area contributed by atoms with Crippen molar-refractivity contribution in [3.63, 3.8) is 0 Å². The van der Waals surface area contributed by atoms with Crippen LogP contribution in [-0.4, -0.2) is 4.57 Å². The molecule has 0 saturated carbocycles. The summed E-state index contributed by atoms with van der Waals surface area (Å²) in [7, 11) is 0. The van der Waals surface area contributed by atoms with Gasteiger partial charge in [-0.2, -0.15) is 0 Å². The highest BCUT2D eigenvalue weighted by molar-refractivity contribution is 6.10. The molecule has 0 bridgehead atoms. The molecule has 0 spiro atoms. The number of fused-ring (bicyclic) bond motifs is 6. The molecule has 0 fully saturated rings. The van der Waals surface area contributed by atoms with Gasteiger partial charge >= 0.3 is 0 Å². The van der Waals surface area contributed by atoms with E-state index in [0.29, 0.717) is 11.8 Å². The number of allylic oxidation sites excluding steroid dienone is 3. The summed E-state index contributed by atoms with van der Waals surface area (Å²) in [6.45, 7) is 7.17. The van der Waals surface area contributed by atoms with E-state index in [9.17, 15) is 0 Å². The fourth-order valence-corrected chi connectivity index (χ4v) is 9.29. The van der Waals surface area contributed by atoms with Crippen LogP contribution in [0, 0.1) is 5.92 Å². The largest absolute Gasteiger partial charge is 0.311 e. The minimum atomic E-state index is -0.0192. The average Bonchev–Trinajstić information content (AvgIpc) is 3.67. The number of hydrogen-bond donors (Lipinski definition) is 0. The monoisotopic (exact) mass is 694 g/mol. The lowest BCUT2D eigenvalue weighted by atomic mass is 9.75. The van der Waals surface area contributed by atoms with Crippen molar-refractivity contribution in [1.29, 1.82) is 0 Å². The maximum atomic E-state index is 2.48. The summed E-state index contributed by atoms with van der Waals surface area (Å²) < 4.78 is 2.39. The fourth-order valence-electron chi connectivity index (χ4n) is 9.29. The average molecular weight is 695 g/mol. The minimum Gasteiger partial charge on any atom is -0.311 e. The number of benzene rings is 7. The highest BCUT2D eigenvalue weighted by Crippen LogP contribution is 2.56. The van der Waals surface area contributed by atoms with E-state index >= 15 is 0 Å². The van der Waals surface area contributed by atoms with Crippen molar-refractivity contribution in [2.45, 2.75) is 32.1 Å². The number of para-hydroxylation sites is 2. The first kappa shape index (κ1) is 32.3. The molecule has 2 heteroatoms. The minimum absolute atomic E-state index is 0.0192. The normalized spacial score (nSPS) is 17.2. The van der Waals surface area contributed by atoms with E-state index in [2.05, 4.69) is 218 Å².